The lowest BCUT2D eigenvalue weighted by atomic mass is 10.1. The number of hydrogen-bond acceptors (Lipinski definition) is 3. The number of carbonyl (C=O) groups is 1. The van der Waals surface area contributed by atoms with Gasteiger partial charge in [0.2, 0.25) is 0 Å². The van der Waals surface area contributed by atoms with Crippen molar-refractivity contribution in [3.05, 3.63) is 65.2 Å². The van der Waals surface area contributed by atoms with Crippen LogP contribution in [-0.2, 0) is 6.54 Å². The molecule has 0 bridgehead atoms. The van der Waals surface area contributed by atoms with E-state index in [1.54, 1.807) is 30.3 Å². The summed E-state index contributed by atoms with van der Waals surface area (Å²) in [5.41, 5.74) is 8.38. The second kappa shape index (κ2) is 5.69. The number of nitrogens with two attached hydrogens (primary N) is 1. The van der Waals surface area contributed by atoms with Crippen LogP contribution in [0.1, 0.15) is 21.5 Å². The number of para-hydroxylation sites is 1. The molecule has 0 spiro atoms. The minimum Gasteiger partial charge on any atom is -0.398 e. The highest BCUT2D eigenvalue weighted by Gasteiger charge is 2.06. The van der Waals surface area contributed by atoms with Gasteiger partial charge in [0.15, 0.2) is 0 Å². The largest absolute Gasteiger partial charge is 0.398 e. The van der Waals surface area contributed by atoms with Crippen LogP contribution >= 0.6 is 0 Å². The molecule has 0 aliphatic carbocycles. The molecule has 0 radical (unpaired) electrons. The molecule has 94 valence electrons. The zero-order valence-corrected chi connectivity index (χ0v) is 10.3. The van der Waals surface area contributed by atoms with E-state index < -0.39 is 0 Å². The summed E-state index contributed by atoms with van der Waals surface area (Å²) < 4.78 is 0. The minimum atomic E-state index is -0.187. The first-order valence-electron chi connectivity index (χ1n) is 5.82. The lowest BCUT2D eigenvalue weighted by Crippen LogP contribution is -2.23. The number of nitrogens with zero attached hydrogens (tertiary/aromatic N) is 1. The molecule has 1 amide bonds. The third-order valence-electron chi connectivity index (χ3n) is 2.77. The van der Waals surface area contributed by atoms with Crippen molar-refractivity contribution in [1.29, 1.82) is 5.26 Å². The molecule has 0 atom stereocenters. The zero-order chi connectivity index (χ0) is 13.7. The van der Waals surface area contributed by atoms with Crippen LogP contribution in [0.15, 0.2) is 48.5 Å². The fourth-order valence-electron chi connectivity index (χ4n) is 1.67. The van der Waals surface area contributed by atoms with E-state index in [-0.39, 0.29) is 5.91 Å². The molecule has 0 aliphatic rings. The van der Waals surface area contributed by atoms with Crippen LogP contribution in [0.5, 0.6) is 0 Å². The molecule has 4 nitrogen and oxygen atoms in total. The van der Waals surface area contributed by atoms with Crippen LogP contribution in [0, 0.1) is 11.3 Å². The fourth-order valence-corrected chi connectivity index (χ4v) is 1.67. The Morgan fingerprint density at radius 3 is 2.47 bits per heavy atom. The molecule has 0 aliphatic heterocycles. The predicted octanol–water partition coefficient (Wildman–Crippen LogP) is 2.07. The number of anilines is 1. The highest BCUT2D eigenvalue weighted by molar-refractivity contribution is 5.94. The first-order chi connectivity index (χ1) is 9.20. The smallest absolute Gasteiger partial charge is 0.251 e. The Morgan fingerprint density at radius 1 is 1.16 bits per heavy atom. The van der Waals surface area contributed by atoms with Crippen molar-refractivity contribution in [3.63, 3.8) is 0 Å². The summed E-state index contributed by atoms with van der Waals surface area (Å²) in [5.74, 6) is -0.187. The van der Waals surface area contributed by atoms with Gasteiger partial charge < -0.3 is 11.1 Å². The van der Waals surface area contributed by atoms with Crippen molar-refractivity contribution in [1.82, 2.24) is 5.32 Å². The van der Waals surface area contributed by atoms with Crippen molar-refractivity contribution in [2.24, 2.45) is 0 Å². The number of amides is 1. The topological polar surface area (TPSA) is 78.9 Å². The van der Waals surface area contributed by atoms with E-state index in [9.17, 15) is 4.79 Å². The third-order valence-corrected chi connectivity index (χ3v) is 2.77. The summed E-state index contributed by atoms with van der Waals surface area (Å²) >= 11 is 0. The molecule has 0 saturated carbocycles. The first kappa shape index (κ1) is 12.7. The standard InChI is InChI=1S/C15H13N3O/c16-9-11-5-7-12(8-6-11)15(19)18-10-13-3-1-2-4-14(13)17/h1-8H,10,17H2,(H,18,19). The maximum Gasteiger partial charge on any atom is 0.251 e. The summed E-state index contributed by atoms with van der Waals surface area (Å²) in [6.45, 7) is 0.380. The van der Waals surface area contributed by atoms with E-state index in [1.807, 2.05) is 24.3 Å². The third kappa shape index (κ3) is 3.11. The van der Waals surface area contributed by atoms with Crippen molar-refractivity contribution >= 4 is 11.6 Å². The van der Waals surface area contributed by atoms with E-state index in [1.165, 1.54) is 0 Å². The zero-order valence-electron chi connectivity index (χ0n) is 10.3. The van der Waals surface area contributed by atoms with Gasteiger partial charge in [0.05, 0.1) is 11.6 Å². The molecule has 3 N–H and O–H groups in total. The molecule has 0 fully saturated rings. The summed E-state index contributed by atoms with van der Waals surface area (Å²) in [6.07, 6.45) is 0. The number of benzene rings is 2. The van der Waals surface area contributed by atoms with E-state index in [0.29, 0.717) is 23.4 Å². The van der Waals surface area contributed by atoms with Gasteiger partial charge in [-0.2, -0.15) is 5.26 Å². The molecule has 0 aromatic heterocycles. The molecule has 0 unspecified atom stereocenters. The number of hydrogen-bond donors (Lipinski definition) is 2. The lowest BCUT2D eigenvalue weighted by molar-refractivity contribution is 0.0951. The summed E-state index contributed by atoms with van der Waals surface area (Å²) in [4.78, 5) is 11.9. The minimum absolute atomic E-state index is 0.187. The van der Waals surface area contributed by atoms with Crippen molar-refractivity contribution < 1.29 is 4.79 Å². The van der Waals surface area contributed by atoms with Gasteiger partial charge in [-0.1, -0.05) is 18.2 Å². The quantitative estimate of drug-likeness (QED) is 0.819. The Morgan fingerprint density at radius 2 is 1.84 bits per heavy atom. The Balaban J connectivity index is 2.02. The van der Waals surface area contributed by atoms with Crippen LogP contribution < -0.4 is 11.1 Å². The second-order valence-corrected chi connectivity index (χ2v) is 4.07. The SMILES string of the molecule is N#Cc1ccc(C(=O)NCc2ccccc2N)cc1. The van der Waals surface area contributed by atoms with Crippen molar-refractivity contribution in [2.75, 3.05) is 5.73 Å². The van der Waals surface area contributed by atoms with E-state index in [2.05, 4.69) is 5.32 Å². The molecule has 2 rings (SSSR count). The Labute approximate surface area is 111 Å². The number of nitrogen functional groups attached to an aromatic ring is 1. The van der Waals surface area contributed by atoms with Gasteiger partial charge in [-0.05, 0) is 35.9 Å². The van der Waals surface area contributed by atoms with E-state index in [0.717, 1.165) is 5.56 Å². The molecular weight excluding hydrogens is 238 g/mol. The molecule has 0 heterocycles. The lowest BCUT2D eigenvalue weighted by Gasteiger charge is -2.07. The van der Waals surface area contributed by atoms with Gasteiger partial charge in [0, 0.05) is 17.8 Å². The molecule has 4 heteroatoms. The van der Waals surface area contributed by atoms with Crippen LogP contribution in [0.25, 0.3) is 0 Å². The monoisotopic (exact) mass is 251 g/mol. The fraction of sp³-hybridized carbons (Fsp3) is 0.0667. The molecule has 2 aromatic carbocycles. The molecule has 2 aromatic rings. The summed E-state index contributed by atoms with van der Waals surface area (Å²) in [7, 11) is 0. The normalized spacial score (nSPS) is 9.63. The second-order valence-electron chi connectivity index (χ2n) is 4.07. The van der Waals surface area contributed by atoms with Crippen molar-refractivity contribution in [2.45, 2.75) is 6.54 Å². The van der Waals surface area contributed by atoms with Crippen LogP contribution in [0.4, 0.5) is 5.69 Å². The van der Waals surface area contributed by atoms with Gasteiger partial charge in [-0.15, -0.1) is 0 Å². The maximum absolute atomic E-state index is 11.9. The van der Waals surface area contributed by atoms with E-state index >= 15 is 0 Å². The Bertz CT molecular complexity index is 627. The average molecular weight is 251 g/mol. The number of carbonyl (C=O) groups excluding carboxylic acids is 1. The van der Waals surface area contributed by atoms with Crippen molar-refractivity contribution in [3.8, 4) is 6.07 Å². The number of rotatable bonds is 3. The highest BCUT2D eigenvalue weighted by atomic mass is 16.1. The highest BCUT2D eigenvalue weighted by Crippen LogP contribution is 2.10. The number of nitriles is 1. The van der Waals surface area contributed by atoms with Gasteiger partial charge >= 0.3 is 0 Å². The molecule has 19 heavy (non-hydrogen) atoms. The summed E-state index contributed by atoms with van der Waals surface area (Å²) in [6, 6.07) is 15.9. The van der Waals surface area contributed by atoms with Gasteiger partial charge in [-0.3, -0.25) is 4.79 Å². The first-order valence-corrected chi connectivity index (χ1v) is 5.82. The van der Waals surface area contributed by atoms with Gasteiger partial charge in [-0.25, -0.2) is 0 Å². The Hall–Kier alpha value is -2.80. The van der Waals surface area contributed by atoms with Crippen LogP contribution in [0.3, 0.4) is 0 Å². The Kier molecular flexibility index (Phi) is 3.79. The van der Waals surface area contributed by atoms with Gasteiger partial charge in [0.1, 0.15) is 0 Å². The molecular formula is C15H13N3O. The van der Waals surface area contributed by atoms with Crippen LogP contribution in [-0.4, -0.2) is 5.91 Å². The number of nitrogens with one attached hydrogen (secondary N) is 1. The van der Waals surface area contributed by atoms with Crippen LogP contribution in [0.2, 0.25) is 0 Å². The summed E-state index contributed by atoms with van der Waals surface area (Å²) in [5, 5.41) is 11.5. The van der Waals surface area contributed by atoms with Gasteiger partial charge in [0.25, 0.3) is 5.91 Å². The molecule has 0 saturated heterocycles. The average Bonchev–Trinajstić information content (AvgIpc) is 2.46. The predicted molar refractivity (Wildman–Crippen MR) is 73.2 cm³/mol. The van der Waals surface area contributed by atoms with E-state index in [4.69, 9.17) is 11.0 Å². The maximum atomic E-state index is 11.9.